The van der Waals surface area contributed by atoms with Crippen molar-refractivity contribution in [3.05, 3.63) is 0 Å². The van der Waals surface area contributed by atoms with Crippen LogP contribution >= 0.6 is 0 Å². The van der Waals surface area contributed by atoms with Crippen molar-refractivity contribution in [3.63, 3.8) is 0 Å². The van der Waals surface area contributed by atoms with Gasteiger partial charge < -0.3 is 0 Å². The normalized spacial score (nSPS) is 6.80. The molecule has 0 heterocycles. The van der Waals surface area contributed by atoms with Gasteiger partial charge in [0.15, 0.2) is 0 Å². The number of hydrazine groups is 1. The number of amides is 1. The number of nitrogens with zero attached hydrogens (tertiary/aromatic N) is 1. The summed E-state index contributed by atoms with van der Waals surface area (Å²) in [5.74, 6) is 4.70. The van der Waals surface area contributed by atoms with Crippen LogP contribution in [0.3, 0.4) is 0 Å². The third kappa shape index (κ3) is 3.43. The van der Waals surface area contributed by atoms with Crippen molar-refractivity contribution >= 4 is 6.41 Å². The zero-order valence-electron chi connectivity index (χ0n) is 2.93. The Morgan fingerprint density at radius 3 is 2.20 bits per heavy atom. The van der Waals surface area contributed by atoms with Crippen molar-refractivity contribution < 1.29 is 4.79 Å². The molecule has 3 heteroatoms. The molecule has 0 aromatic carbocycles. The lowest BCUT2D eigenvalue weighted by Crippen LogP contribution is -2.23. The van der Waals surface area contributed by atoms with E-state index in [1.807, 2.05) is 0 Å². The molecule has 29 valence electrons. The molecule has 3 nitrogen and oxygen atoms in total. The van der Waals surface area contributed by atoms with Crippen LogP contribution in [0.1, 0.15) is 0 Å². The second-order valence-corrected chi connectivity index (χ2v) is 0.702. The summed E-state index contributed by atoms with van der Waals surface area (Å²) in [6.07, 6.45) is 1.39. The van der Waals surface area contributed by atoms with Crippen molar-refractivity contribution in [1.29, 1.82) is 0 Å². The molecule has 0 bridgehead atoms. The largest absolute Gasteiger partial charge is 0.327 e. The van der Waals surface area contributed by atoms with E-state index in [4.69, 9.17) is 5.84 Å². The first kappa shape index (κ1) is 4.43. The highest BCUT2D eigenvalue weighted by Gasteiger charge is 1.71. The SMILES string of the molecule is CN(N)[C]=O. The summed E-state index contributed by atoms with van der Waals surface area (Å²) in [6, 6.07) is 0. The van der Waals surface area contributed by atoms with E-state index < -0.39 is 0 Å². The summed E-state index contributed by atoms with van der Waals surface area (Å²) in [7, 11) is 1.41. The van der Waals surface area contributed by atoms with Crippen LogP contribution < -0.4 is 5.84 Å². The molecule has 1 amide bonds. The maximum Gasteiger partial charge on any atom is 0.327 e. The topological polar surface area (TPSA) is 46.3 Å². The van der Waals surface area contributed by atoms with Crippen LogP contribution in [0.4, 0.5) is 0 Å². The van der Waals surface area contributed by atoms with Crippen LogP contribution in [-0.2, 0) is 4.79 Å². The molecule has 0 aliphatic carbocycles. The molecule has 0 aromatic rings. The number of nitrogens with two attached hydrogens (primary N) is 1. The quantitative estimate of drug-likeness (QED) is 0.184. The highest BCUT2D eigenvalue weighted by Crippen LogP contribution is 1.43. The van der Waals surface area contributed by atoms with Gasteiger partial charge in [-0.25, -0.2) is 5.84 Å². The third-order valence-corrected chi connectivity index (χ3v) is 0.144. The molecule has 5 heavy (non-hydrogen) atoms. The summed E-state index contributed by atoms with van der Waals surface area (Å²) in [6.45, 7) is 0. The van der Waals surface area contributed by atoms with Crippen LogP contribution in [0, 0.1) is 0 Å². The zero-order chi connectivity index (χ0) is 4.28. The van der Waals surface area contributed by atoms with E-state index in [1.54, 1.807) is 0 Å². The highest BCUT2D eigenvalue weighted by molar-refractivity contribution is 5.45. The molecular weight excluding hydrogens is 68.0 g/mol. The van der Waals surface area contributed by atoms with E-state index in [-0.39, 0.29) is 0 Å². The second kappa shape index (κ2) is 1.72. The first-order valence-electron chi connectivity index (χ1n) is 1.13. The van der Waals surface area contributed by atoms with Gasteiger partial charge >= 0.3 is 6.41 Å². The second-order valence-electron chi connectivity index (χ2n) is 0.702. The van der Waals surface area contributed by atoms with Crippen LogP contribution in [0.5, 0.6) is 0 Å². The van der Waals surface area contributed by atoms with Gasteiger partial charge in [0.05, 0.1) is 0 Å². The first-order valence-corrected chi connectivity index (χ1v) is 1.13. The number of hydrogen-bond donors (Lipinski definition) is 1. The maximum atomic E-state index is 9.18. The monoisotopic (exact) mass is 73.0 g/mol. The smallest absolute Gasteiger partial charge is 0.275 e. The zero-order valence-corrected chi connectivity index (χ0v) is 2.93. The molecule has 0 aromatic heterocycles. The molecule has 0 aliphatic rings. The van der Waals surface area contributed by atoms with Gasteiger partial charge in [0.2, 0.25) is 0 Å². The summed E-state index contributed by atoms with van der Waals surface area (Å²) in [5, 5.41) is 0.819. The Hall–Kier alpha value is -0.570. The molecule has 0 saturated carbocycles. The third-order valence-electron chi connectivity index (χ3n) is 0.144. The molecule has 1 radical (unpaired) electrons. The number of rotatable bonds is 1. The van der Waals surface area contributed by atoms with Gasteiger partial charge in [-0.1, -0.05) is 0 Å². The predicted octanol–water partition coefficient (Wildman–Crippen LogP) is -1.14. The molecule has 0 spiro atoms. The summed E-state index contributed by atoms with van der Waals surface area (Å²) in [5.41, 5.74) is 0. The summed E-state index contributed by atoms with van der Waals surface area (Å²) >= 11 is 0. The van der Waals surface area contributed by atoms with Gasteiger partial charge in [0.1, 0.15) is 0 Å². The molecule has 0 atom stereocenters. The van der Waals surface area contributed by atoms with Crippen LogP contribution in [0.15, 0.2) is 0 Å². The van der Waals surface area contributed by atoms with Gasteiger partial charge in [0.25, 0.3) is 0 Å². The van der Waals surface area contributed by atoms with Gasteiger partial charge in [-0.2, -0.15) is 0 Å². The lowest BCUT2D eigenvalue weighted by atomic mass is 11.2. The predicted molar refractivity (Wildman–Crippen MR) is 17.6 cm³/mol. The van der Waals surface area contributed by atoms with E-state index in [0.717, 1.165) is 5.01 Å². The number of carbonyl (C=O) groups excluding carboxylic acids is 1. The Balaban J connectivity index is 2.83. The van der Waals surface area contributed by atoms with Crippen LogP contribution in [-0.4, -0.2) is 18.5 Å². The molecule has 0 fully saturated rings. The molecule has 2 N–H and O–H groups in total. The van der Waals surface area contributed by atoms with Crippen LogP contribution in [0.25, 0.3) is 0 Å². The van der Waals surface area contributed by atoms with Gasteiger partial charge in [-0.15, -0.1) is 0 Å². The average Bonchev–Trinajstić information content (AvgIpc) is 1.38. The fraction of sp³-hybridized carbons (Fsp3) is 0.500. The molecule has 0 unspecified atom stereocenters. The highest BCUT2D eigenvalue weighted by atomic mass is 16.1. The van der Waals surface area contributed by atoms with Gasteiger partial charge in [-0.05, 0) is 0 Å². The minimum Gasteiger partial charge on any atom is -0.275 e. The average molecular weight is 73.1 g/mol. The van der Waals surface area contributed by atoms with Crippen molar-refractivity contribution in [2.45, 2.75) is 0 Å². The van der Waals surface area contributed by atoms with E-state index in [0.29, 0.717) is 0 Å². The minimum atomic E-state index is 0.819. The molecule has 0 saturated heterocycles. The molecular formula is C2H5N2O. The van der Waals surface area contributed by atoms with Crippen LogP contribution in [0.2, 0.25) is 0 Å². The van der Waals surface area contributed by atoms with E-state index in [2.05, 4.69) is 0 Å². The minimum absolute atomic E-state index is 0.819. The van der Waals surface area contributed by atoms with Crippen molar-refractivity contribution in [2.75, 3.05) is 7.05 Å². The number of hydrogen-bond acceptors (Lipinski definition) is 2. The summed E-state index contributed by atoms with van der Waals surface area (Å²) < 4.78 is 0. The Morgan fingerprint density at radius 2 is 2.20 bits per heavy atom. The van der Waals surface area contributed by atoms with Gasteiger partial charge in [-0.3, -0.25) is 9.80 Å². The van der Waals surface area contributed by atoms with E-state index >= 15 is 0 Å². The van der Waals surface area contributed by atoms with Crippen molar-refractivity contribution in [2.24, 2.45) is 5.84 Å². The lowest BCUT2D eigenvalue weighted by Gasteiger charge is -1.91. The Labute approximate surface area is 30.3 Å². The molecule has 0 aliphatic heterocycles. The molecule has 0 rings (SSSR count). The van der Waals surface area contributed by atoms with Crippen molar-refractivity contribution in [1.82, 2.24) is 5.01 Å². The first-order chi connectivity index (χ1) is 2.27. The Kier molecular flexibility index (Phi) is 1.53. The fourth-order valence-electron chi connectivity index (χ4n) is 0. The lowest BCUT2D eigenvalue weighted by molar-refractivity contribution is 0.448. The Morgan fingerprint density at radius 1 is 2.00 bits per heavy atom. The maximum absolute atomic E-state index is 9.18. The van der Waals surface area contributed by atoms with Gasteiger partial charge in [0, 0.05) is 7.05 Å². The van der Waals surface area contributed by atoms with E-state index in [1.165, 1.54) is 13.5 Å². The Bertz CT molecular complexity index is 34.6. The van der Waals surface area contributed by atoms with E-state index in [9.17, 15) is 4.79 Å². The van der Waals surface area contributed by atoms with Crippen molar-refractivity contribution in [3.8, 4) is 0 Å². The summed E-state index contributed by atoms with van der Waals surface area (Å²) in [4.78, 5) is 9.18. The fourth-order valence-corrected chi connectivity index (χ4v) is 0. The standard InChI is InChI=1S/C2H5N2O/c1-4(3)2-5/h3H2,1H3.